The van der Waals surface area contributed by atoms with Gasteiger partial charge in [-0.25, -0.2) is 0 Å². The molecule has 0 fully saturated rings. The molecule has 0 spiro atoms. The van der Waals surface area contributed by atoms with E-state index in [1.807, 2.05) is 27.7 Å². The highest BCUT2D eigenvalue weighted by Gasteiger charge is 2.22. The molecule has 0 amide bonds. The average Bonchev–Trinajstić information content (AvgIpc) is 2.36. The predicted molar refractivity (Wildman–Crippen MR) is 85.7 cm³/mol. The quantitative estimate of drug-likeness (QED) is 0.771. The van der Waals surface area contributed by atoms with Gasteiger partial charge < -0.3 is 5.11 Å². The summed E-state index contributed by atoms with van der Waals surface area (Å²) in [6.45, 7) is 8.96. The number of hydrogen-bond donors (Lipinski definition) is 1. The van der Waals surface area contributed by atoms with Crippen molar-refractivity contribution in [2.24, 2.45) is 11.8 Å². The van der Waals surface area contributed by atoms with Gasteiger partial charge in [0, 0.05) is 18.4 Å². The fourth-order valence-electron chi connectivity index (χ4n) is 2.22. The summed E-state index contributed by atoms with van der Waals surface area (Å²) < 4.78 is 0. The fourth-order valence-corrected chi connectivity index (χ4v) is 2.22. The van der Waals surface area contributed by atoms with Crippen LogP contribution in [0.15, 0.2) is 12.1 Å². The fraction of sp³-hybridized carbons (Fsp3) is 0.500. The van der Waals surface area contributed by atoms with E-state index >= 15 is 0 Å². The molecule has 1 rings (SSSR count). The lowest BCUT2D eigenvalue weighted by atomic mass is 9.92. The molecule has 4 heteroatoms. The molecule has 0 aliphatic rings. The van der Waals surface area contributed by atoms with Gasteiger partial charge in [0.1, 0.15) is 5.75 Å². The maximum atomic E-state index is 12.3. The number of ketones is 3. The number of aromatic hydroxyl groups is 1. The molecule has 0 bridgehead atoms. The highest BCUT2D eigenvalue weighted by atomic mass is 16.3. The van der Waals surface area contributed by atoms with E-state index in [1.165, 1.54) is 19.1 Å². The number of carbonyl (C=O) groups is 3. The molecule has 1 aromatic rings. The van der Waals surface area contributed by atoms with Crippen LogP contribution in [-0.2, 0) is 0 Å². The Morgan fingerprint density at radius 3 is 1.55 bits per heavy atom. The van der Waals surface area contributed by atoms with Gasteiger partial charge in [0.25, 0.3) is 0 Å². The van der Waals surface area contributed by atoms with E-state index in [-0.39, 0.29) is 64.5 Å². The van der Waals surface area contributed by atoms with Crippen LogP contribution in [-0.4, -0.2) is 22.5 Å². The largest absolute Gasteiger partial charge is 0.506 e. The summed E-state index contributed by atoms with van der Waals surface area (Å²) in [5, 5.41) is 10.3. The van der Waals surface area contributed by atoms with Gasteiger partial charge in [0.2, 0.25) is 0 Å². The Kier molecular flexibility index (Phi) is 6.03. The first kappa shape index (κ1) is 18.1. The van der Waals surface area contributed by atoms with Crippen molar-refractivity contribution in [2.75, 3.05) is 0 Å². The molecule has 0 aliphatic carbocycles. The Labute approximate surface area is 131 Å². The molecule has 22 heavy (non-hydrogen) atoms. The maximum Gasteiger partial charge on any atom is 0.166 e. The van der Waals surface area contributed by atoms with Gasteiger partial charge in [-0.2, -0.15) is 0 Å². The van der Waals surface area contributed by atoms with Crippen LogP contribution in [0, 0.1) is 11.8 Å². The van der Waals surface area contributed by atoms with Crippen molar-refractivity contribution < 1.29 is 19.5 Å². The number of rotatable bonds is 7. The topological polar surface area (TPSA) is 71.4 Å². The lowest BCUT2D eigenvalue weighted by Crippen LogP contribution is -2.11. The van der Waals surface area contributed by atoms with Crippen molar-refractivity contribution in [3.63, 3.8) is 0 Å². The first-order chi connectivity index (χ1) is 10.1. The third-order valence-corrected chi connectivity index (χ3v) is 3.30. The molecule has 1 N–H and O–H groups in total. The number of Topliss-reactive ketones (excluding diaryl/α,β-unsaturated/α-hetero) is 3. The van der Waals surface area contributed by atoms with E-state index in [0.29, 0.717) is 0 Å². The van der Waals surface area contributed by atoms with Gasteiger partial charge >= 0.3 is 0 Å². The highest BCUT2D eigenvalue weighted by molar-refractivity contribution is 6.08. The molecule has 0 unspecified atom stereocenters. The van der Waals surface area contributed by atoms with Gasteiger partial charge in [0.15, 0.2) is 17.3 Å². The third-order valence-electron chi connectivity index (χ3n) is 3.30. The maximum absolute atomic E-state index is 12.3. The van der Waals surface area contributed by atoms with Gasteiger partial charge in [-0.3, -0.25) is 14.4 Å². The second-order valence-corrected chi connectivity index (χ2v) is 6.52. The van der Waals surface area contributed by atoms with Crippen molar-refractivity contribution in [1.29, 1.82) is 0 Å². The van der Waals surface area contributed by atoms with Crippen LogP contribution in [0.5, 0.6) is 5.75 Å². The molecular weight excluding hydrogens is 280 g/mol. The van der Waals surface area contributed by atoms with Crippen molar-refractivity contribution in [3.05, 3.63) is 28.8 Å². The Morgan fingerprint density at radius 1 is 0.909 bits per heavy atom. The van der Waals surface area contributed by atoms with Crippen molar-refractivity contribution in [3.8, 4) is 5.75 Å². The number of carbonyl (C=O) groups excluding carboxylic acids is 3. The summed E-state index contributed by atoms with van der Waals surface area (Å²) >= 11 is 0. The second-order valence-electron chi connectivity index (χ2n) is 6.52. The molecular formula is C18H24O4. The first-order valence-corrected chi connectivity index (χ1v) is 7.57. The minimum absolute atomic E-state index is 0.0634. The molecule has 0 heterocycles. The van der Waals surface area contributed by atoms with Gasteiger partial charge in [-0.1, -0.05) is 27.7 Å². The summed E-state index contributed by atoms with van der Waals surface area (Å²) in [5.41, 5.74) is 0.402. The van der Waals surface area contributed by atoms with Gasteiger partial charge in [0.05, 0.1) is 11.1 Å². The number of phenols is 1. The zero-order valence-electron chi connectivity index (χ0n) is 13.9. The number of hydrogen-bond acceptors (Lipinski definition) is 4. The Hall–Kier alpha value is -1.97. The van der Waals surface area contributed by atoms with Crippen LogP contribution >= 0.6 is 0 Å². The van der Waals surface area contributed by atoms with Crippen LogP contribution in [0.2, 0.25) is 0 Å². The smallest absolute Gasteiger partial charge is 0.166 e. The molecule has 0 radical (unpaired) electrons. The van der Waals surface area contributed by atoms with Crippen molar-refractivity contribution in [1.82, 2.24) is 0 Å². The highest BCUT2D eigenvalue weighted by Crippen LogP contribution is 2.29. The molecule has 0 atom stereocenters. The molecule has 0 saturated carbocycles. The normalized spacial score (nSPS) is 11.0. The molecule has 120 valence electrons. The van der Waals surface area contributed by atoms with Crippen LogP contribution in [0.3, 0.4) is 0 Å². The number of benzene rings is 1. The Morgan fingerprint density at radius 2 is 1.27 bits per heavy atom. The summed E-state index contributed by atoms with van der Waals surface area (Å²) in [6, 6.07) is 2.77. The summed E-state index contributed by atoms with van der Waals surface area (Å²) in [7, 11) is 0. The monoisotopic (exact) mass is 304 g/mol. The SMILES string of the molecule is CC(=O)c1cc(C(=O)CC(C)C)c(O)c(C(=O)CC(C)C)c1. The molecule has 0 saturated heterocycles. The molecule has 0 aromatic heterocycles. The lowest BCUT2D eigenvalue weighted by molar-refractivity contribution is 0.0963. The molecule has 0 aliphatic heterocycles. The standard InChI is InChI=1S/C18H24O4/c1-10(2)6-16(20)14-8-13(12(5)19)9-15(18(14)22)17(21)7-11(3)4/h8-11,22H,6-7H2,1-5H3. The van der Waals surface area contributed by atoms with E-state index in [1.54, 1.807) is 0 Å². The summed E-state index contributed by atoms with van der Waals surface area (Å²) in [6.07, 6.45) is 0.513. The van der Waals surface area contributed by atoms with E-state index in [2.05, 4.69) is 0 Å². The predicted octanol–water partition coefficient (Wildman–Crippen LogP) is 4.05. The molecule has 4 nitrogen and oxygen atoms in total. The van der Waals surface area contributed by atoms with Gasteiger partial charge in [-0.15, -0.1) is 0 Å². The van der Waals surface area contributed by atoms with E-state index in [4.69, 9.17) is 0 Å². The minimum atomic E-state index is -0.304. The third kappa shape index (κ3) is 4.52. The average molecular weight is 304 g/mol. The molecule has 1 aromatic carbocycles. The second kappa shape index (κ2) is 7.34. The minimum Gasteiger partial charge on any atom is -0.506 e. The zero-order chi connectivity index (χ0) is 17.0. The number of phenolic OH excluding ortho intramolecular Hbond substituents is 1. The van der Waals surface area contributed by atoms with E-state index < -0.39 is 0 Å². The first-order valence-electron chi connectivity index (χ1n) is 7.57. The van der Waals surface area contributed by atoms with Crippen LogP contribution < -0.4 is 0 Å². The Bertz CT molecular complexity index is 554. The van der Waals surface area contributed by atoms with Crippen molar-refractivity contribution in [2.45, 2.75) is 47.5 Å². The van der Waals surface area contributed by atoms with E-state index in [0.717, 1.165) is 0 Å². The van der Waals surface area contributed by atoms with Crippen LogP contribution in [0.1, 0.15) is 78.5 Å². The van der Waals surface area contributed by atoms with E-state index in [9.17, 15) is 19.5 Å². The zero-order valence-corrected chi connectivity index (χ0v) is 13.9. The Balaban J connectivity index is 3.38. The summed E-state index contributed by atoms with van der Waals surface area (Å²) in [4.78, 5) is 36.2. The van der Waals surface area contributed by atoms with Gasteiger partial charge in [-0.05, 0) is 30.9 Å². The summed E-state index contributed by atoms with van der Waals surface area (Å²) in [5.74, 6) is -0.799. The van der Waals surface area contributed by atoms with Crippen LogP contribution in [0.4, 0.5) is 0 Å². The van der Waals surface area contributed by atoms with Crippen molar-refractivity contribution >= 4 is 17.3 Å². The lowest BCUT2D eigenvalue weighted by Gasteiger charge is -2.13. The van der Waals surface area contributed by atoms with Crippen LogP contribution in [0.25, 0.3) is 0 Å².